The van der Waals surface area contributed by atoms with Gasteiger partial charge in [-0.1, -0.05) is 18.2 Å². The normalized spacial score (nSPS) is 11.6. The van der Waals surface area contributed by atoms with Gasteiger partial charge >= 0.3 is 5.97 Å². The molecule has 0 atom stereocenters. The number of thiophene rings is 1. The molecule has 1 amide bonds. The maximum absolute atomic E-state index is 13.1. The highest BCUT2D eigenvalue weighted by Crippen LogP contribution is 2.29. The standard InChI is InChI=1S/C19H19N3O4S/c1-10-13-16(20-11(2)22(17(13)24)19(3,4)18(25)26)27-14(10)15(23)21-12-8-6-5-7-9-12/h5-9H,1-4H3,(H,21,23)(H,25,26). The van der Waals surface area contributed by atoms with Crippen molar-refractivity contribution in [2.24, 2.45) is 0 Å². The molecule has 2 N–H and O–H groups in total. The van der Waals surface area contributed by atoms with Gasteiger partial charge in [-0.3, -0.25) is 14.2 Å². The third kappa shape index (κ3) is 3.12. The fourth-order valence-corrected chi connectivity index (χ4v) is 4.08. The second-order valence-corrected chi connectivity index (χ2v) is 7.72. The molecule has 7 nitrogen and oxygen atoms in total. The number of rotatable bonds is 4. The quantitative estimate of drug-likeness (QED) is 0.718. The van der Waals surface area contributed by atoms with E-state index in [0.29, 0.717) is 21.0 Å². The van der Waals surface area contributed by atoms with Crippen molar-refractivity contribution in [3.63, 3.8) is 0 Å². The largest absolute Gasteiger partial charge is 0.480 e. The van der Waals surface area contributed by atoms with Gasteiger partial charge in [0.1, 0.15) is 16.2 Å². The number of nitrogens with zero attached hydrogens (tertiary/aromatic N) is 2. The summed E-state index contributed by atoms with van der Waals surface area (Å²) in [5.74, 6) is -1.18. The van der Waals surface area contributed by atoms with Gasteiger partial charge in [-0.15, -0.1) is 11.3 Å². The molecule has 3 aromatic rings. The monoisotopic (exact) mass is 385 g/mol. The zero-order valence-corrected chi connectivity index (χ0v) is 16.2. The maximum Gasteiger partial charge on any atom is 0.329 e. The first-order valence-corrected chi connectivity index (χ1v) is 9.09. The molecule has 3 rings (SSSR count). The van der Waals surface area contributed by atoms with Gasteiger partial charge in [-0.25, -0.2) is 9.78 Å². The van der Waals surface area contributed by atoms with Crippen molar-refractivity contribution < 1.29 is 14.7 Å². The molecular formula is C19H19N3O4S. The van der Waals surface area contributed by atoms with Gasteiger partial charge in [0.15, 0.2) is 0 Å². The average molecular weight is 385 g/mol. The molecule has 2 aromatic heterocycles. The third-order valence-corrected chi connectivity index (χ3v) is 5.64. The molecule has 0 aliphatic heterocycles. The highest BCUT2D eigenvalue weighted by atomic mass is 32.1. The molecule has 0 aliphatic rings. The van der Waals surface area contributed by atoms with Crippen molar-refractivity contribution in [3.05, 3.63) is 57.0 Å². The summed E-state index contributed by atoms with van der Waals surface area (Å²) in [5.41, 5.74) is -0.773. The van der Waals surface area contributed by atoms with Crippen molar-refractivity contribution in [2.75, 3.05) is 5.32 Å². The topological polar surface area (TPSA) is 101 Å². The van der Waals surface area contributed by atoms with Crippen LogP contribution >= 0.6 is 11.3 Å². The lowest BCUT2D eigenvalue weighted by Gasteiger charge is -2.24. The van der Waals surface area contributed by atoms with Crippen molar-refractivity contribution in [1.82, 2.24) is 9.55 Å². The van der Waals surface area contributed by atoms with E-state index in [1.807, 2.05) is 18.2 Å². The number of fused-ring (bicyclic) bond motifs is 1. The third-order valence-electron chi connectivity index (χ3n) is 4.45. The van der Waals surface area contributed by atoms with E-state index in [9.17, 15) is 19.5 Å². The Labute approximate surface area is 159 Å². The molecule has 0 bridgehead atoms. The number of aliphatic carboxylic acids is 1. The van der Waals surface area contributed by atoms with E-state index >= 15 is 0 Å². The van der Waals surface area contributed by atoms with Crippen LogP contribution in [-0.4, -0.2) is 26.5 Å². The molecular weight excluding hydrogens is 366 g/mol. The zero-order valence-electron chi connectivity index (χ0n) is 15.4. The van der Waals surface area contributed by atoms with Crippen LogP contribution in [0.3, 0.4) is 0 Å². The van der Waals surface area contributed by atoms with E-state index in [-0.39, 0.29) is 17.1 Å². The number of anilines is 1. The fourth-order valence-electron chi connectivity index (χ4n) is 2.96. The summed E-state index contributed by atoms with van der Waals surface area (Å²) < 4.78 is 1.16. The number of amides is 1. The van der Waals surface area contributed by atoms with Gasteiger partial charge in [0.2, 0.25) is 0 Å². The molecule has 8 heteroatoms. The smallest absolute Gasteiger partial charge is 0.329 e. The molecule has 0 spiro atoms. The minimum Gasteiger partial charge on any atom is -0.480 e. The van der Waals surface area contributed by atoms with Crippen molar-refractivity contribution in [2.45, 2.75) is 33.2 Å². The van der Waals surface area contributed by atoms with Crippen LogP contribution in [0.1, 0.15) is 34.9 Å². The predicted octanol–water partition coefficient (Wildman–Crippen LogP) is 3.15. The van der Waals surface area contributed by atoms with Crippen molar-refractivity contribution in [3.8, 4) is 0 Å². The van der Waals surface area contributed by atoms with Gasteiger partial charge < -0.3 is 10.4 Å². The lowest BCUT2D eigenvalue weighted by Crippen LogP contribution is -2.44. The molecule has 0 fully saturated rings. The summed E-state index contributed by atoms with van der Waals surface area (Å²) in [6, 6.07) is 9.01. The summed E-state index contributed by atoms with van der Waals surface area (Å²) in [5, 5.41) is 12.6. The second kappa shape index (κ2) is 6.62. The van der Waals surface area contributed by atoms with Crippen LogP contribution in [0.25, 0.3) is 10.2 Å². The van der Waals surface area contributed by atoms with Crippen LogP contribution in [-0.2, 0) is 10.3 Å². The SMILES string of the molecule is Cc1c(C(=O)Nc2ccccc2)sc2nc(C)n(C(C)(C)C(=O)O)c(=O)c12. The Balaban J connectivity index is 2.15. The highest BCUT2D eigenvalue weighted by molar-refractivity contribution is 7.20. The Bertz CT molecular complexity index is 1110. The highest BCUT2D eigenvalue weighted by Gasteiger charge is 2.33. The van der Waals surface area contributed by atoms with E-state index in [1.54, 1.807) is 26.0 Å². The zero-order chi connectivity index (χ0) is 19.9. The number of hydrogen-bond donors (Lipinski definition) is 2. The maximum atomic E-state index is 13.1. The van der Waals surface area contributed by atoms with E-state index in [4.69, 9.17) is 0 Å². The van der Waals surface area contributed by atoms with E-state index in [0.717, 1.165) is 15.9 Å². The first kappa shape index (κ1) is 18.8. The van der Waals surface area contributed by atoms with Crippen LogP contribution in [0.15, 0.2) is 35.1 Å². The Kier molecular flexibility index (Phi) is 4.61. The van der Waals surface area contributed by atoms with E-state index in [1.165, 1.54) is 13.8 Å². The molecule has 27 heavy (non-hydrogen) atoms. The van der Waals surface area contributed by atoms with Crippen molar-refractivity contribution >= 4 is 39.1 Å². The van der Waals surface area contributed by atoms with Gasteiger partial charge in [0.05, 0.1) is 10.3 Å². The number of aryl methyl sites for hydroxylation is 2. The Morgan fingerprint density at radius 1 is 1.19 bits per heavy atom. The number of benzene rings is 1. The van der Waals surface area contributed by atoms with Crippen LogP contribution in [0.2, 0.25) is 0 Å². The number of para-hydroxylation sites is 1. The summed E-state index contributed by atoms with van der Waals surface area (Å²) in [7, 11) is 0. The molecule has 1 aromatic carbocycles. The van der Waals surface area contributed by atoms with Crippen molar-refractivity contribution in [1.29, 1.82) is 0 Å². The number of carboxylic acids is 1. The Morgan fingerprint density at radius 2 is 1.81 bits per heavy atom. The van der Waals surface area contributed by atoms with Crippen LogP contribution in [0, 0.1) is 13.8 Å². The molecule has 0 saturated carbocycles. The molecule has 0 radical (unpaired) electrons. The Morgan fingerprint density at radius 3 is 2.41 bits per heavy atom. The molecule has 0 saturated heterocycles. The number of carbonyl (C=O) groups excluding carboxylic acids is 1. The summed E-state index contributed by atoms with van der Waals surface area (Å²) in [6.07, 6.45) is 0. The summed E-state index contributed by atoms with van der Waals surface area (Å²) in [6.45, 7) is 6.16. The molecule has 140 valence electrons. The van der Waals surface area contributed by atoms with Gasteiger partial charge in [-0.2, -0.15) is 0 Å². The molecule has 0 aliphatic carbocycles. The first-order chi connectivity index (χ1) is 12.6. The van der Waals surface area contributed by atoms with E-state index < -0.39 is 17.1 Å². The summed E-state index contributed by atoms with van der Waals surface area (Å²) >= 11 is 1.12. The average Bonchev–Trinajstić information content (AvgIpc) is 2.92. The number of carboxylic acid groups (broad SMARTS) is 1. The van der Waals surface area contributed by atoms with Gasteiger partial charge in [0.25, 0.3) is 11.5 Å². The fraction of sp³-hybridized carbons (Fsp3) is 0.263. The summed E-state index contributed by atoms with van der Waals surface area (Å²) in [4.78, 5) is 42.5. The lowest BCUT2D eigenvalue weighted by molar-refractivity contribution is -0.145. The van der Waals surface area contributed by atoms with Crippen LogP contribution in [0.4, 0.5) is 5.69 Å². The predicted molar refractivity (Wildman–Crippen MR) is 105 cm³/mol. The van der Waals surface area contributed by atoms with E-state index in [2.05, 4.69) is 10.3 Å². The first-order valence-electron chi connectivity index (χ1n) is 8.27. The van der Waals surface area contributed by atoms with Gasteiger partial charge in [0, 0.05) is 5.69 Å². The number of nitrogens with one attached hydrogen (secondary N) is 1. The lowest BCUT2D eigenvalue weighted by atomic mass is 10.0. The number of hydrogen-bond acceptors (Lipinski definition) is 5. The second-order valence-electron chi connectivity index (χ2n) is 6.72. The van der Waals surface area contributed by atoms with Crippen LogP contribution in [0.5, 0.6) is 0 Å². The number of aromatic nitrogens is 2. The number of carbonyl (C=O) groups is 2. The molecule has 2 heterocycles. The Hall–Kier alpha value is -3.00. The van der Waals surface area contributed by atoms with Gasteiger partial charge in [-0.05, 0) is 45.4 Å². The minimum atomic E-state index is -1.46. The van der Waals surface area contributed by atoms with Crippen LogP contribution < -0.4 is 10.9 Å². The minimum absolute atomic E-state index is 0.276. The molecule has 0 unspecified atom stereocenters.